The summed E-state index contributed by atoms with van der Waals surface area (Å²) in [5, 5.41) is 11.5. The van der Waals surface area contributed by atoms with Crippen molar-refractivity contribution in [1.29, 1.82) is 0 Å². The highest BCUT2D eigenvalue weighted by molar-refractivity contribution is 5.60. The van der Waals surface area contributed by atoms with Crippen LogP contribution in [-0.4, -0.2) is 20.2 Å². The predicted molar refractivity (Wildman–Crippen MR) is 84.0 cm³/mol. The molecule has 0 radical (unpaired) electrons. The van der Waals surface area contributed by atoms with E-state index in [1.165, 1.54) is 16.8 Å². The lowest BCUT2D eigenvalue weighted by Gasteiger charge is -2.36. The number of tetrazole rings is 1. The summed E-state index contributed by atoms with van der Waals surface area (Å²) >= 11 is 0. The fourth-order valence-electron chi connectivity index (χ4n) is 3.41. The zero-order valence-electron chi connectivity index (χ0n) is 13.8. The largest absolute Gasteiger partial charge is 0.417 e. The maximum atomic E-state index is 13.3. The third-order valence-corrected chi connectivity index (χ3v) is 5.02. The van der Waals surface area contributed by atoms with Crippen molar-refractivity contribution in [2.24, 2.45) is 11.3 Å². The number of rotatable bonds is 3. The first-order chi connectivity index (χ1) is 11.3. The Hall–Kier alpha value is -1.92. The molecule has 0 bridgehead atoms. The number of hydrogen-bond acceptors (Lipinski definition) is 3. The van der Waals surface area contributed by atoms with Crippen molar-refractivity contribution in [1.82, 2.24) is 20.2 Å². The first-order valence-corrected chi connectivity index (χ1v) is 8.21. The minimum absolute atomic E-state index is 0.0177. The van der Waals surface area contributed by atoms with Gasteiger partial charge < -0.3 is 0 Å². The first-order valence-electron chi connectivity index (χ1n) is 8.21. The number of halogens is 3. The molecule has 1 aliphatic rings. The summed E-state index contributed by atoms with van der Waals surface area (Å²) in [5.41, 5.74) is -0.657. The molecule has 1 fully saturated rings. The van der Waals surface area contributed by atoms with Gasteiger partial charge in [-0.3, -0.25) is 0 Å². The van der Waals surface area contributed by atoms with E-state index in [1.54, 1.807) is 6.07 Å². The second-order valence-corrected chi connectivity index (χ2v) is 7.20. The standard InChI is InChI=1S/C17H21F3N4/c1-12-7-9-16(2,10-8-12)11-24-15(21-22-23-24)13-5-3-4-6-14(13)17(18,19)20/h3-6,12H,7-11H2,1-2H3. The molecule has 1 aromatic heterocycles. The van der Waals surface area contributed by atoms with E-state index in [9.17, 15) is 13.2 Å². The van der Waals surface area contributed by atoms with Crippen molar-refractivity contribution >= 4 is 0 Å². The van der Waals surface area contributed by atoms with E-state index in [4.69, 9.17) is 0 Å². The maximum Gasteiger partial charge on any atom is 0.417 e. The van der Waals surface area contributed by atoms with Crippen LogP contribution < -0.4 is 0 Å². The molecule has 0 saturated heterocycles. The average Bonchev–Trinajstić information content (AvgIpc) is 2.97. The number of hydrogen-bond donors (Lipinski definition) is 0. The second-order valence-electron chi connectivity index (χ2n) is 7.20. The van der Waals surface area contributed by atoms with Crippen LogP contribution >= 0.6 is 0 Å². The summed E-state index contributed by atoms with van der Waals surface area (Å²) in [6, 6.07) is 5.45. The summed E-state index contributed by atoms with van der Waals surface area (Å²) in [6.45, 7) is 4.94. The number of aromatic nitrogens is 4. The topological polar surface area (TPSA) is 43.6 Å². The van der Waals surface area contributed by atoms with Gasteiger partial charge in [-0.25, -0.2) is 4.68 Å². The Morgan fingerprint density at radius 3 is 2.54 bits per heavy atom. The monoisotopic (exact) mass is 338 g/mol. The van der Waals surface area contributed by atoms with Gasteiger partial charge in [0, 0.05) is 5.56 Å². The molecule has 1 saturated carbocycles. The molecule has 0 aliphatic heterocycles. The molecule has 2 aromatic rings. The van der Waals surface area contributed by atoms with Gasteiger partial charge in [0.25, 0.3) is 0 Å². The van der Waals surface area contributed by atoms with Crippen LogP contribution in [0.3, 0.4) is 0 Å². The first kappa shape index (κ1) is 16.9. The van der Waals surface area contributed by atoms with Gasteiger partial charge in [0.15, 0.2) is 5.82 Å². The molecule has 0 N–H and O–H groups in total. The van der Waals surface area contributed by atoms with Crippen LogP contribution in [0, 0.1) is 11.3 Å². The van der Waals surface area contributed by atoms with Crippen LogP contribution in [0.25, 0.3) is 11.4 Å². The summed E-state index contributed by atoms with van der Waals surface area (Å²) in [7, 11) is 0. The van der Waals surface area contributed by atoms with Crippen molar-refractivity contribution in [3.8, 4) is 11.4 Å². The average molecular weight is 338 g/mol. The van der Waals surface area contributed by atoms with Crippen LogP contribution in [-0.2, 0) is 12.7 Å². The van der Waals surface area contributed by atoms with Crippen molar-refractivity contribution in [3.05, 3.63) is 29.8 Å². The fourth-order valence-corrected chi connectivity index (χ4v) is 3.41. The minimum Gasteiger partial charge on any atom is -0.225 e. The Balaban J connectivity index is 1.92. The summed E-state index contributed by atoms with van der Waals surface area (Å²) < 4.78 is 41.3. The third kappa shape index (κ3) is 3.44. The Morgan fingerprint density at radius 1 is 1.21 bits per heavy atom. The molecule has 7 heteroatoms. The van der Waals surface area contributed by atoms with E-state index in [0.717, 1.165) is 31.7 Å². The van der Waals surface area contributed by atoms with Gasteiger partial charge in [-0.2, -0.15) is 13.2 Å². The van der Waals surface area contributed by atoms with Gasteiger partial charge in [-0.15, -0.1) is 5.10 Å². The van der Waals surface area contributed by atoms with Crippen LogP contribution in [0.15, 0.2) is 24.3 Å². The molecule has 3 rings (SSSR count). The van der Waals surface area contributed by atoms with Gasteiger partial charge in [-0.1, -0.05) is 44.9 Å². The van der Waals surface area contributed by atoms with E-state index in [-0.39, 0.29) is 16.8 Å². The van der Waals surface area contributed by atoms with Crippen molar-refractivity contribution in [3.63, 3.8) is 0 Å². The number of nitrogens with zero attached hydrogens (tertiary/aromatic N) is 4. The lowest BCUT2D eigenvalue weighted by atomic mass is 9.72. The van der Waals surface area contributed by atoms with Crippen molar-refractivity contribution < 1.29 is 13.2 Å². The Bertz CT molecular complexity index is 700. The molecule has 130 valence electrons. The molecule has 0 atom stereocenters. The van der Waals surface area contributed by atoms with E-state index in [1.807, 2.05) is 0 Å². The highest BCUT2D eigenvalue weighted by Crippen LogP contribution is 2.41. The normalized spacial score (nSPS) is 25.0. The highest BCUT2D eigenvalue weighted by atomic mass is 19.4. The van der Waals surface area contributed by atoms with E-state index in [2.05, 4.69) is 29.4 Å². The summed E-state index contributed by atoms with van der Waals surface area (Å²) in [5.74, 6) is 0.889. The molecule has 0 spiro atoms. The van der Waals surface area contributed by atoms with E-state index >= 15 is 0 Å². The molecule has 24 heavy (non-hydrogen) atoms. The minimum atomic E-state index is -4.43. The summed E-state index contributed by atoms with van der Waals surface area (Å²) in [4.78, 5) is 0. The number of benzene rings is 1. The molecule has 1 heterocycles. The molecule has 1 aromatic carbocycles. The number of alkyl halides is 3. The Labute approximate surface area is 139 Å². The summed E-state index contributed by atoms with van der Waals surface area (Å²) in [6.07, 6.45) is -0.0967. The quantitative estimate of drug-likeness (QED) is 0.823. The van der Waals surface area contributed by atoms with E-state index in [0.29, 0.717) is 12.5 Å². The highest BCUT2D eigenvalue weighted by Gasteiger charge is 2.36. The van der Waals surface area contributed by atoms with Crippen LogP contribution in [0.1, 0.15) is 45.1 Å². The van der Waals surface area contributed by atoms with Crippen molar-refractivity contribution in [2.75, 3.05) is 0 Å². The Kier molecular flexibility index (Phi) is 4.36. The smallest absolute Gasteiger partial charge is 0.225 e. The molecule has 4 nitrogen and oxygen atoms in total. The molecular weight excluding hydrogens is 317 g/mol. The fraction of sp³-hybridized carbons (Fsp3) is 0.588. The maximum absolute atomic E-state index is 13.3. The molecule has 1 aliphatic carbocycles. The Morgan fingerprint density at radius 2 is 1.88 bits per heavy atom. The predicted octanol–water partition coefficient (Wildman–Crippen LogP) is 4.58. The van der Waals surface area contributed by atoms with Gasteiger partial charge in [0.2, 0.25) is 0 Å². The van der Waals surface area contributed by atoms with Crippen LogP contribution in [0.4, 0.5) is 13.2 Å². The molecule has 0 amide bonds. The molecular formula is C17H21F3N4. The zero-order chi connectivity index (χ0) is 17.4. The van der Waals surface area contributed by atoms with Gasteiger partial charge in [0.05, 0.1) is 12.1 Å². The van der Waals surface area contributed by atoms with Crippen LogP contribution in [0.5, 0.6) is 0 Å². The van der Waals surface area contributed by atoms with Crippen molar-refractivity contribution in [2.45, 2.75) is 52.3 Å². The lowest BCUT2D eigenvalue weighted by molar-refractivity contribution is -0.137. The van der Waals surface area contributed by atoms with Gasteiger partial charge in [0.1, 0.15) is 0 Å². The zero-order valence-corrected chi connectivity index (χ0v) is 13.8. The lowest BCUT2D eigenvalue weighted by Crippen LogP contribution is -2.29. The SMILES string of the molecule is CC1CCC(C)(Cn2nnnc2-c2ccccc2C(F)(F)F)CC1. The second kappa shape index (κ2) is 6.18. The van der Waals surface area contributed by atoms with Gasteiger partial charge >= 0.3 is 6.18 Å². The molecule has 0 unspecified atom stereocenters. The van der Waals surface area contributed by atoms with Gasteiger partial charge in [-0.05, 0) is 40.7 Å². The van der Waals surface area contributed by atoms with Crippen LogP contribution in [0.2, 0.25) is 0 Å². The third-order valence-electron chi connectivity index (χ3n) is 5.02. The van der Waals surface area contributed by atoms with E-state index < -0.39 is 11.7 Å².